The zero-order chi connectivity index (χ0) is 15.1. The van der Waals surface area contributed by atoms with Gasteiger partial charge >= 0.3 is 11.8 Å². The Bertz CT molecular complexity index is 517. The first-order valence-corrected chi connectivity index (χ1v) is 5.46. The number of carbonyl (C=O) groups excluding carboxylic acids is 2. The third-order valence-corrected chi connectivity index (χ3v) is 2.34. The molecule has 3 N–H and O–H groups in total. The van der Waals surface area contributed by atoms with Crippen LogP contribution in [0.1, 0.15) is 5.56 Å². The van der Waals surface area contributed by atoms with Crippen molar-refractivity contribution in [1.82, 2.24) is 5.43 Å². The minimum atomic E-state index is -1.13. The maximum atomic E-state index is 11.0. The fraction of sp³-hybridized carbons (Fsp3) is 0.250. The van der Waals surface area contributed by atoms with Gasteiger partial charge in [0.05, 0.1) is 33.1 Å². The van der Waals surface area contributed by atoms with E-state index in [-0.39, 0.29) is 0 Å². The van der Waals surface area contributed by atoms with Gasteiger partial charge in [-0.3, -0.25) is 9.59 Å². The van der Waals surface area contributed by atoms with Gasteiger partial charge in [0.15, 0.2) is 0 Å². The summed E-state index contributed by atoms with van der Waals surface area (Å²) in [5, 5.41) is 3.61. The fourth-order valence-electron chi connectivity index (χ4n) is 1.37. The lowest BCUT2D eigenvalue weighted by atomic mass is 10.2. The molecule has 0 saturated carbocycles. The van der Waals surface area contributed by atoms with Gasteiger partial charge in [0.25, 0.3) is 0 Å². The van der Waals surface area contributed by atoms with Crippen molar-refractivity contribution in [2.24, 2.45) is 10.8 Å². The lowest BCUT2D eigenvalue weighted by Gasteiger charge is -2.11. The van der Waals surface area contributed by atoms with E-state index < -0.39 is 11.8 Å². The van der Waals surface area contributed by atoms with E-state index in [1.807, 2.05) is 5.43 Å². The Labute approximate surface area is 115 Å². The number of rotatable bonds is 5. The first-order chi connectivity index (χ1) is 9.53. The number of hydrogen-bond acceptors (Lipinski definition) is 6. The number of amides is 2. The second kappa shape index (κ2) is 6.98. The van der Waals surface area contributed by atoms with Gasteiger partial charge in [-0.2, -0.15) is 5.10 Å². The normalized spacial score (nSPS) is 10.2. The summed E-state index contributed by atoms with van der Waals surface area (Å²) < 4.78 is 15.5. The highest BCUT2D eigenvalue weighted by molar-refractivity contribution is 6.34. The number of nitrogens with one attached hydrogen (secondary N) is 1. The van der Waals surface area contributed by atoms with E-state index in [1.54, 1.807) is 12.1 Å². The molecular weight excluding hydrogens is 266 g/mol. The molecule has 0 aliphatic rings. The van der Waals surface area contributed by atoms with E-state index in [0.29, 0.717) is 22.8 Å². The van der Waals surface area contributed by atoms with Gasteiger partial charge in [0, 0.05) is 12.1 Å². The molecule has 108 valence electrons. The Morgan fingerprint density at radius 2 is 1.70 bits per heavy atom. The minimum Gasteiger partial charge on any atom is -0.496 e. The molecule has 0 fully saturated rings. The van der Waals surface area contributed by atoms with Crippen molar-refractivity contribution in [3.8, 4) is 17.2 Å². The molecule has 0 bridgehead atoms. The van der Waals surface area contributed by atoms with Gasteiger partial charge in [-0.15, -0.1) is 0 Å². The van der Waals surface area contributed by atoms with Crippen LogP contribution in [-0.2, 0) is 9.59 Å². The van der Waals surface area contributed by atoms with E-state index in [9.17, 15) is 9.59 Å². The van der Waals surface area contributed by atoms with Gasteiger partial charge < -0.3 is 19.9 Å². The lowest BCUT2D eigenvalue weighted by Crippen LogP contribution is -2.32. The molecule has 0 aliphatic heterocycles. The van der Waals surface area contributed by atoms with Crippen LogP contribution in [0.5, 0.6) is 17.2 Å². The summed E-state index contributed by atoms with van der Waals surface area (Å²) >= 11 is 0. The van der Waals surface area contributed by atoms with Crippen molar-refractivity contribution >= 4 is 18.0 Å². The van der Waals surface area contributed by atoms with E-state index in [1.165, 1.54) is 27.5 Å². The molecule has 0 spiro atoms. The molecule has 0 radical (unpaired) electrons. The van der Waals surface area contributed by atoms with Crippen molar-refractivity contribution in [1.29, 1.82) is 0 Å². The summed E-state index contributed by atoms with van der Waals surface area (Å²) in [5.41, 5.74) is 7.22. The summed E-state index contributed by atoms with van der Waals surface area (Å²) in [7, 11) is 4.44. The third-order valence-electron chi connectivity index (χ3n) is 2.34. The van der Waals surface area contributed by atoms with E-state index >= 15 is 0 Å². The Morgan fingerprint density at radius 1 is 1.15 bits per heavy atom. The molecule has 0 aromatic heterocycles. The highest BCUT2D eigenvalue weighted by Gasteiger charge is 2.12. The average Bonchev–Trinajstić information content (AvgIpc) is 2.46. The van der Waals surface area contributed by atoms with E-state index in [2.05, 4.69) is 5.10 Å². The quantitative estimate of drug-likeness (QED) is 0.435. The molecule has 20 heavy (non-hydrogen) atoms. The Balaban J connectivity index is 3.06. The maximum absolute atomic E-state index is 11.0. The van der Waals surface area contributed by atoms with Crippen LogP contribution >= 0.6 is 0 Å². The molecule has 1 aromatic rings. The van der Waals surface area contributed by atoms with Crippen molar-refractivity contribution in [2.45, 2.75) is 0 Å². The molecule has 2 amide bonds. The van der Waals surface area contributed by atoms with Crippen molar-refractivity contribution in [2.75, 3.05) is 21.3 Å². The van der Waals surface area contributed by atoms with Crippen molar-refractivity contribution in [3.63, 3.8) is 0 Å². The number of hydrazone groups is 1. The number of nitrogens with zero attached hydrogens (tertiary/aromatic N) is 1. The third kappa shape index (κ3) is 3.61. The summed E-state index contributed by atoms with van der Waals surface area (Å²) in [6.07, 6.45) is 1.28. The van der Waals surface area contributed by atoms with Crippen LogP contribution in [0, 0.1) is 0 Å². The maximum Gasteiger partial charge on any atom is 0.329 e. The first kappa shape index (κ1) is 15.3. The predicted octanol–water partition coefficient (Wildman–Crippen LogP) is -0.352. The number of nitrogens with two attached hydrogens (primary N) is 1. The number of benzene rings is 1. The number of hydrogen-bond donors (Lipinski definition) is 2. The predicted molar refractivity (Wildman–Crippen MR) is 71.0 cm³/mol. The van der Waals surface area contributed by atoms with Gasteiger partial charge in [-0.25, -0.2) is 5.43 Å². The van der Waals surface area contributed by atoms with Crippen molar-refractivity contribution in [3.05, 3.63) is 17.7 Å². The molecule has 0 aliphatic carbocycles. The standard InChI is InChI=1S/C12H15N3O5/c1-18-7-4-9(19-2)8(10(5-7)20-3)6-14-15-12(17)11(13)16/h4-6H,1-3H3,(H2,13,16)(H,15,17)/b14-6-. The number of primary amides is 1. The van der Waals surface area contributed by atoms with E-state index in [0.717, 1.165) is 0 Å². The smallest absolute Gasteiger partial charge is 0.329 e. The zero-order valence-corrected chi connectivity index (χ0v) is 11.3. The SMILES string of the molecule is COc1cc(OC)c(/C=N\NC(=O)C(N)=O)c(OC)c1. The van der Waals surface area contributed by atoms with Gasteiger partial charge in [0.2, 0.25) is 0 Å². The van der Waals surface area contributed by atoms with Crippen LogP contribution in [0.3, 0.4) is 0 Å². The monoisotopic (exact) mass is 281 g/mol. The van der Waals surface area contributed by atoms with Crippen LogP contribution in [0.2, 0.25) is 0 Å². The topological polar surface area (TPSA) is 112 Å². The molecular formula is C12H15N3O5. The van der Waals surface area contributed by atoms with Crippen molar-refractivity contribution < 1.29 is 23.8 Å². The number of ether oxygens (including phenoxy) is 3. The summed E-state index contributed by atoms with van der Waals surface area (Å²) in [5.74, 6) is -0.753. The van der Waals surface area contributed by atoms with E-state index in [4.69, 9.17) is 19.9 Å². The lowest BCUT2D eigenvalue weighted by molar-refractivity contribution is -0.137. The Kier molecular flexibility index (Phi) is 5.33. The molecule has 1 aromatic carbocycles. The van der Waals surface area contributed by atoms with Gasteiger partial charge in [0.1, 0.15) is 17.2 Å². The second-order valence-electron chi connectivity index (χ2n) is 3.51. The minimum absolute atomic E-state index is 0.429. The van der Waals surface area contributed by atoms with Crippen LogP contribution in [-0.4, -0.2) is 39.4 Å². The average molecular weight is 281 g/mol. The summed E-state index contributed by atoms with van der Waals surface area (Å²) in [4.78, 5) is 21.5. The molecule has 0 unspecified atom stereocenters. The first-order valence-electron chi connectivity index (χ1n) is 5.46. The fourth-order valence-corrected chi connectivity index (χ4v) is 1.37. The zero-order valence-electron chi connectivity index (χ0n) is 11.3. The van der Waals surface area contributed by atoms with Gasteiger partial charge in [-0.1, -0.05) is 0 Å². The Hall–Kier alpha value is -2.77. The molecule has 0 heterocycles. The highest BCUT2D eigenvalue weighted by Crippen LogP contribution is 2.32. The van der Waals surface area contributed by atoms with Crippen LogP contribution < -0.4 is 25.4 Å². The Morgan fingerprint density at radius 3 is 2.10 bits per heavy atom. The summed E-state index contributed by atoms with van der Waals surface area (Å²) in [6.45, 7) is 0. The van der Waals surface area contributed by atoms with Crippen LogP contribution in [0.15, 0.2) is 17.2 Å². The summed E-state index contributed by atoms with van der Waals surface area (Å²) in [6, 6.07) is 3.25. The highest BCUT2D eigenvalue weighted by atomic mass is 16.5. The molecule has 1 rings (SSSR count). The largest absolute Gasteiger partial charge is 0.496 e. The molecule has 8 heteroatoms. The number of methoxy groups -OCH3 is 3. The second-order valence-corrected chi connectivity index (χ2v) is 3.51. The van der Waals surface area contributed by atoms with Crippen LogP contribution in [0.4, 0.5) is 0 Å². The number of carbonyl (C=O) groups is 2. The molecule has 0 atom stereocenters. The molecule has 0 saturated heterocycles. The van der Waals surface area contributed by atoms with Crippen LogP contribution in [0.25, 0.3) is 0 Å². The van der Waals surface area contributed by atoms with Gasteiger partial charge in [-0.05, 0) is 0 Å². The molecule has 8 nitrogen and oxygen atoms in total.